The highest BCUT2D eigenvalue weighted by Crippen LogP contribution is 2.11. The summed E-state index contributed by atoms with van der Waals surface area (Å²) < 4.78 is 12.9. The molecule has 17 heavy (non-hydrogen) atoms. The van der Waals surface area contributed by atoms with E-state index >= 15 is 0 Å². The molecule has 0 bridgehead atoms. The van der Waals surface area contributed by atoms with Gasteiger partial charge in [-0.2, -0.15) is 11.8 Å². The third-order valence-electron chi connectivity index (χ3n) is 2.63. The van der Waals surface area contributed by atoms with Crippen molar-refractivity contribution in [1.82, 2.24) is 5.32 Å². The lowest BCUT2D eigenvalue weighted by Gasteiger charge is -2.16. The Morgan fingerprint density at radius 3 is 2.76 bits per heavy atom. The van der Waals surface area contributed by atoms with Gasteiger partial charge in [0.1, 0.15) is 5.82 Å². The summed E-state index contributed by atoms with van der Waals surface area (Å²) in [5.74, 6) is 0.460. The molecule has 0 saturated carbocycles. The first-order valence-corrected chi connectivity index (χ1v) is 7.03. The Kier molecular flexibility index (Phi) is 5.48. The largest absolute Gasteiger partial charge is 0.348 e. The second-order valence-electron chi connectivity index (χ2n) is 3.99. The molecule has 1 aromatic rings. The van der Waals surface area contributed by atoms with E-state index in [0.29, 0.717) is 11.1 Å². The molecule has 94 valence electrons. The van der Waals surface area contributed by atoms with E-state index < -0.39 is 0 Å². The highest BCUT2D eigenvalue weighted by Gasteiger charge is 2.13. The molecule has 1 aromatic carbocycles. The number of aryl methyl sites for hydroxylation is 1. The monoisotopic (exact) mass is 255 g/mol. The SMILES string of the molecule is CCC(CSC)NC(=O)c1ccc(F)cc1C. The second-order valence-corrected chi connectivity index (χ2v) is 4.90. The van der Waals surface area contributed by atoms with Gasteiger partial charge in [0.05, 0.1) is 0 Å². The molecule has 1 N–H and O–H groups in total. The molecule has 0 heterocycles. The number of carbonyl (C=O) groups excluding carboxylic acids is 1. The Hall–Kier alpha value is -1.03. The van der Waals surface area contributed by atoms with Crippen LogP contribution in [0.3, 0.4) is 0 Å². The Balaban J connectivity index is 2.75. The van der Waals surface area contributed by atoms with Crippen molar-refractivity contribution in [1.29, 1.82) is 0 Å². The first-order valence-electron chi connectivity index (χ1n) is 5.64. The molecular formula is C13H18FNOS. The van der Waals surface area contributed by atoms with Crippen LogP contribution >= 0.6 is 11.8 Å². The van der Waals surface area contributed by atoms with Gasteiger partial charge in [0.2, 0.25) is 0 Å². The van der Waals surface area contributed by atoms with Gasteiger partial charge in [0, 0.05) is 17.4 Å². The van der Waals surface area contributed by atoms with Gasteiger partial charge in [-0.25, -0.2) is 4.39 Å². The van der Waals surface area contributed by atoms with E-state index in [-0.39, 0.29) is 17.8 Å². The molecule has 0 aliphatic rings. The lowest BCUT2D eigenvalue weighted by molar-refractivity contribution is 0.0939. The number of carbonyl (C=O) groups is 1. The zero-order valence-corrected chi connectivity index (χ0v) is 11.2. The van der Waals surface area contributed by atoms with Gasteiger partial charge in [-0.3, -0.25) is 4.79 Å². The fourth-order valence-corrected chi connectivity index (χ4v) is 2.33. The molecule has 0 fully saturated rings. The predicted octanol–water partition coefficient (Wildman–Crippen LogP) is 3.01. The summed E-state index contributed by atoms with van der Waals surface area (Å²) in [5, 5.41) is 2.96. The van der Waals surface area contributed by atoms with Crippen molar-refractivity contribution >= 4 is 17.7 Å². The minimum atomic E-state index is -0.310. The van der Waals surface area contributed by atoms with E-state index in [4.69, 9.17) is 0 Å². The van der Waals surface area contributed by atoms with E-state index in [9.17, 15) is 9.18 Å². The highest BCUT2D eigenvalue weighted by molar-refractivity contribution is 7.98. The van der Waals surface area contributed by atoms with Gasteiger partial charge in [0.15, 0.2) is 0 Å². The fourth-order valence-electron chi connectivity index (χ4n) is 1.61. The van der Waals surface area contributed by atoms with Crippen molar-refractivity contribution in [3.63, 3.8) is 0 Å². The van der Waals surface area contributed by atoms with Crippen LogP contribution in [0.5, 0.6) is 0 Å². The van der Waals surface area contributed by atoms with E-state index in [1.165, 1.54) is 18.2 Å². The molecule has 0 saturated heterocycles. The minimum Gasteiger partial charge on any atom is -0.348 e. The zero-order chi connectivity index (χ0) is 12.8. The van der Waals surface area contributed by atoms with Crippen LogP contribution in [0.2, 0.25) is 0 Å². The Labute approximate surface area is 106 Å². The average molecular weight is 255 g/mol. The predicted molar refractivity (Wildman–Crippen MR) is 71.1 cm³/mol. The first-order chi connectivity index (χ1) is 8.08. The van der Waals surface area contributed by atoms with Gasteiger partial charge >= 0.3 is 0 Å². The van der Waals surface area contributed by atoms with Crippen LogP contribution in [0.15, 0.2) is 18.2 Å². The number of amides is 1. The lowest BCUT2D eigenvalue weighted by Crippen LogP contribution is -2.36. The van der Waals surface area contributed by atoms with Crippen LogP contribution in [0.1, 0.15) is 29.3 Å². The summed E-state index contributed by atoms with van der Waals surface area (Å²) in [6.45, 7) is 3.78. The van der Waals surface area contributed by atoms with E-state index in [1.807, 2.05) is 13.2 Å². The summed E-state index contributed by atoms with van der Waals surface area (Å²) in [4.78, 5) is 12.0. The van der Waals surface area contributed by atoms with Crippen LogP contribution in [0.4, 0.5) is 4.39 Å². The Bertz CT molecular complexity index is 395. The van der Waals surface area contributed by atoms with Crippen LogP contribution in [0, 0.1) is 12.7 Å². The highest BCUT2D eigenvalue weighted by atomic mass is 32.2. The molecule has 0 aromatic heterocycles. The molecule has 1 rings (SSSR count). The molecule has 1 amide bonds. The van der Waals surface area contributed by atoms with Crippen molar-refractivity contribution in [2.75, 3.05) is 12.0 Å². The van der Waals surface area contributed by atoms with Gasteiger partial charge < -0.3 is 5.32 Å². The van der Waals surface area contributed by atoms with Crippen LogP contribution in [-0.2, 0) is 0 Å². The van der Waals surface area contributed by atoms with E-state index in [1.54, 1.807) is 18.7 Å². The number of hydrogen-bond donors (Lipinski definition) is 1. The molecular weight excluding hydrogens is 237 g/mol. The molecule has 0 aliphatic heterocycles. The van der Waals surface area contributed by atoms with Gasteiger partial charge in [-0.1, -0.05) is 6.92 Å². The third kappa shape index (κ3) is 4.04. The number of thioether (sulfide) groups is 1. The maximum absolute atomic E-state index is 12.9. The molecule has 2 nitrogen and oxygen atoms in total. The molecule has 0 spiro atoms. The van der Waals surface area contributed by atoms with Crippen molar-refractivity contribution in [3.8, 4) is 0 Å². The number of halogens is 1. The van der Waals surface area contributed by atoms with Gasteiger partial charge in [-0.05, 0) is 43.4 Å². The van der Waals surface area contributed by atoms with Gasteiger partial charge in [-0.15, -0.1) is 0 Å². The zero-order valence-electron chi connectivity index (χ0n) is 10.4. The third-order valence-corrected chi connectivity index (χ3v) is 3.36. The van der Waals surface area contributed by atoms with E-state index in [0.717, 1.165) is 12.2 Å². The van der Waals surface area contributed by atoms with Gasteiger partial charge in [0.25, 0.3) is 5.91 Å². The molecule has 1 atom stereocenters. The molecule has 4 heteroatoms. The number of nitrogens with one attached hydrogen (secondary N) is 1. The lowest BCUT2D eigenvalue weighted by atomic mass is 10.1. The summed E-state index contributed by atoms with van der Waals surface area (Å²) in [5.41, 5.74) is 1.22. The molecule has 0 aliphatic carbocycles. The van der Waals surface area contributed by atoms with Crippen molar-refractivity contribution in [3.05, 3.63) is 35.1 Å². The summed E-state index contributed by atoms with van der Waals surface area (Å²) >= 11 is 1.70. The smallest absolute Gasteiger partial charge is 0.251 e. The topological polar surface area (TPSA) is 29.1 Å². The summed E-state index contributed by atoms with van der Waals surface area (Å²) in [6, 6.07) is 4.40. The van der Waals surface area contributed by atoms with Crippen LogP contribution < -0.4 is 5.32 Å². The van der Waals surface area contributed by atoms with Crippen molar-refractivity contribution < 1.29 is 9.18 Å². The van der Waals surface area contributed by atoms with E-state index in [2.05, 4.69) is 5.32 Å². The van der Waals surface area contributed by atoms with Crippen LogP contribution in [0.25, 0.3) is 0 Å². The van der Waals surface area contributed by atoms with Crippen LogP contribution in [-0.4, -0.2) is 24.0 Å². The second kappa shape index (κ2) is 6.64. The Morgan fingerprint density at radius 1 is 1.53 bits per heavy atom. The summed E-state index contributed by atoms with van der Waals surface area (Å²) in [7, 11) is 0. The maximum atomic E-state index is 12.9. The fraction of sp³-hybridized carbons (Fsp3) is 0.462. The maximum Gasteiger partial charge on any atom is 0.251 e. The Morgan fingerprint density at radius 2 is 2.24 bits per heavy atom. The first kappa shape index (κ1) is 14.0. The number of hydrogen-bond acceptors (Lipinski definition) is 2. The van der Waals surface area contributed by atoms with Crippen molar-refractivity contribution in [2.45, 2.75) is 26.3 Å². The number of rotatable bonds is 5. The molecule has 0 radical (unpaired) electrons. The standard InChI is InChI=1S/C13H18FNOS/c1-4-11(8-17-3)15-13(16)12-6-5-10(14)7-9(12)2/h5-7,11H,4,8H2,1-3H3,(H,15,16). The van der Waals surface area contributed by atoms with Crippen molar-refractivity contribution in [2.24, 2.45) is 0 Å². The normalized spacial score (nSPS) is 12.2. The number of benzene rings is 1. The minimum absolute atomic E-state index is 0.122. The average Bonchev–Trinajstić information content (AvgIpc) is 2.28. The summed E-state index contributed by atoms with van der Waals surface area (Å²) in [6.07, 6.45) is 2.91. The quantitative estimate of drug-likeness (QED) is 0.876. The molecule has 1 unspecified atom stereocenters.